The number of nitrogens with zero attached hydrogens (tertiary/aromatic N) is 2. The van der Waals surface area contributed by atoms with Gasteiger partial charge in [-0.1, -0.05) is 30.3 Å². The first kappa shape index (κ1) is 20.1. The number of hydrogen-bond donors (Lipinski definition) is 2. The number of carbonyl (C=O) groups excluding carboxylic acids is 1. The fourth-order valence-electron chi connectivity index (χ4n) is 3.76. The summed E-state index contributed by atoms with van der Waals surface area (Å²) in [6, 6.07) is 14.4. The molecule has 0 aliphatic carbocycles. The average Bonchev–Trinajstić information content (AvgIpc) is 3.39. The third kappa shape index (κ3) is 5.03. The number of rotatable bonds is 7. The van der Waals surface area contributed by atoms with Gasteiger partial charge in [-0.05, 0) is 41.7 Å². The summed E-state index contributed by atoms with van der Waals surface area (Å²) in [5.74, 6) is 2.63. The second kappa shape index (κ2) is 9.52. The minimum Gasteiger partial charge on any atom is -0.454 e. The lowest BCUT2D eigenvalue weighted by Crippen LogP contribution is -2.37. The van der Waals surface area contributed by atoms with Gasteiger partial charge in [-0.15, -0.1) is 0 Å². The molecule has 4 rings (SSSR count). The molecule has 7 nitrogen and oxygen atoms in total. The van der Waals surface area contributed by atoms with Gasteiger partial charge in [-0.3, -0.25) is 9.79 Å². The molecule has 2 aliphatic heterocycles. The molecule has 1 saturated heterocycles. The Morgan fingerprint density at radius 3 is 2.77 bits per heavy atom. The number of guanidine groups is 1. The fraction of sp³-hybridized carbons (Fsp3) is 0.391. The summed E-state index contributed by atoms with van der Waals surface area (Å²) < 4.78 is 10.8. The van der Waals surface area contributed by atoms with Crippen LogP contribution in [0.4, 0.5) is 0 Å². The van der Waals surface area contributed by atoms with Crippen molar-refractivity contribution in [3.63, 3.8) is 0 Å². The average molecular weight is 409 g/mol. The third-order valence-electron chi connectivity index (χ3n) is 5.36. The molecule has 0 aromatic heterocycles. The third-order valence-corrected chi connectivity index (χ3v) is 5.36. The molecule has 1 fully saturated rings. The molecule has 2 heterocycles. The largest absolute Gasteiger partial charge is 0.454 e. The van der Waals surface area contributed by atoms with Crippen LogP contribution in [0.5, 0.6) is 11.5 Å². The SMILES string of the molecule is CN=C(NCCc1ccc2c(c1)OCO2)NCc1cccc(CN2CCCC2=O)c1. The van der Waals surface area contributed by atoms with Crippen LogP contribution in [-0.4, -0.2) is 43.7 Å². The number of nitrogens with one attached hydrogen (secondary N) is 2. The summed E-state index contributed by atoms with van der Waals surface area (Å²) in [7, 11) is 1.77. The number of ether oxygens (including phenoxy) is 2. The smallest absolute Gasteiger partial charge is 0.231 e. The highest BCUT2D eigenvalue weighted by atomic mass is 16.7. The maximum absolute atomic E-state index is 11.9. The lowest BCUT2D eigenvalue weighted by atomic mass is 10.1. The van der Waals surface area contributed by atoms with E-state index in [0.717, 1.165) is 54.5 Å². The predicted octanol–water partition coefficient (Wildman–Crippen LogP) is 2.45. The molecule has 0 unspecified atom stereocenters. The van der Waals surface area contributed by atoms with Crippen molar-refractivity contribution in [1.29, 1.82) is 0 Å². The molecule has 158 valence electrons. The highest BCUT2D eigenvalue weighted by Gasteiger charge is 2.20. The van der Waals surface area contributed by atoms with Gasteiger partial charge in [0.05, 0.1) is 0 Å². The van der Waals surface area contributed by atoms with E-state index in [1.165, 1.54) is 5.56 Å². The Bertz CT molecular complexity index is 928. The van der Waals surface area contributed by atoms with Gasteiger partial charge in [-0.2, -0.15) is 0 Å². The monoisotopic (exact) mass is 408 g/mol. The molecule has 2 N–H and O–H groups in total. The number of carbonyl (C=O) groups is 1. The molecule has 0 atom stereocenters. The highest BCUT2D eigenvalue weighted by Crippen LogP contribution is 2.32. The van der Waals surface area contributed by atoms with Crippen molar-refractivity contribution in [2.75, 3.05) is 26.9 Å². The molecule has 0 bridgehead atoms. The van der Waals surface area contributed by atoms with E-state index in [9.17, 15) is 4.79 Å². The van der Waals surface area contributed by atoms with E-state index in [0.29, 0.717) is 26.3 Å². The number of amides is 1. The fourth-order valence-corrected chi connectivity index (χ4v) is 3.76. The summed E-state index contributed by atoms with van der Waals surface area (Å²) in [6.45, 7) is 3.28. The van der Waals surface area contributed by atoms with Crippen LogP contribution in [-0.2, 0) is 24.3 Å². The van der Waals surface area contributed by atoms with Crippen LogP contribution in [0.15, 0.2) is 47.5 Å². The first-order valence-electron chi connectivity index (χ1n) is 10.4. The van der Waals surface area contributed by atoms with Crippen LogP contribution in [0.25, 0.3) is 0 Å². The Kier molecular flexibility index (Phi) is 6.37. The molecule has 1 amide bonds. The maximum Gasteiger partial charge on any atom is 0.231 e. The molecule has 0 saturated carbocycles. The van der Waals surface area contributed by atoms with Crippen molar-refractivity contribution in [2.45, 2.75) is 32.4 Å². The molecule has 0 radical (unpaired) electrons. The van der Waals surface area contributed by atoms with E-state index >= 15 is 0 Å². The Hall–Kier alpha value is -3.22. The Labute approximate surface area is 177 Å². The minimum absolute atomic E-state index is 0.255. The van der Waals surface area contributed by atoms with Crippen molar-refractivity contribution in [3.8, 4) is 11.5 Å². The van der Waals surface area contributed by atoms with Crippen molar-refractivity contribution in [3.05, 3.63) is 59.2 Å². The molecule has 7 heteroatoms. The maximum atomic E-state index is 11.9. The van der Waals surface area contributed by atoms with Crippen LogP contribution >= 0.6 is 0 Å². The van der Waals surface area contributed by atoms with E-state index in [-0.39, 0.29) is 5.91 Å². The lowest BCUT2D eigenvalue weighted by Gasteiger charge is -2.16. The van der Waals surface area contributed by atoms with E-state index in [4.69, 9.17) is 9.47 Å². The number of benzene rings is 2. The van der Waals surface area contributed by atoms with Gasteiger partial charge in [-0.25, -0.2) is 0 Å². The zero-order valence-electron chi connectivity index (χ0n) is 17.3. The Morgan fingerprint density at radius 1 is 1.07 bits per heavy atom. The number of fused-ring (bicyclic) bond motifs is 1. The van der Waals surface area contributed by atoms with Crippen molar-refractivity contribution < 1.29 is 14.3 Å². The minimum atomic E-state index is 0.255. The molecule has 2 aliphatic rings. The molecule has 2 aromatic carbocycles. The van der Waals surface area contributed by atoms with E-state index in [2.05, 4.69) is 39.9 Å². The number of hydrogen-bond acceptors (Lipinski definition) is 4. The second-order valence-electron chi connectivity index (χ2n) is 7.53. The quantitative estimate of drug-likeness (QED) is 0.544. The lowest BCUT2D eigenvalue weighted by molar-refractivity contribution is -0.128. The van der Waals surface area contributed by atoms with Crippen molar-refractivity contribution >= 4 is 11.9 Å². The van der Waals surface area contributed by atoms with Gasteiger partial charge < -0.3 is 25.0 Å². The Morgan fingerprint density at radius 2 is 1.93 bits per heavy atom. The van der Waals surface area contributed by atoms with Gasteiger partial charge in [0.1, 0.15) is 0 Å². The van der Waals surface area contributed by atoms with Crippen LogP contribution in [0.3, 0.4) is 0 Å². The topological polar surface area (TPSA) is 75.2 Å². The predicted molar refractivity (Wildman–Crippen MR) is 116 cm³/mol. The van der Waals surface area contributed by atoms with Gasteiger partial charge in [0, 0.05) is 39.6 Å². The van der Waals surface area contributed by atoms with Gasteiger partial charge in [0.2, 0.25) is 12.7 Å². The van der Waals surface area contributed by atoms with Crippen LogP contribution in [0, 0.1) is 0 Å². The van der Waals surface area contributed by atoms with Crippen molar-refractivity contribution in [1.82, 2.24) is 15.5 Å². The van der Waals surface area contributed by atoms with Crippen LogP contribution in [0.1, 0.15) is 29.5 Å². The standard InChI is InChI=1S/C23H28N4O3/c1-24-23(25-10-9-17-7-8-20-21(13-17)30-16-29-20)26-14-18-4-2-5-19(12-18)15-27-11-3-6-22(27)28/h2,4-5,7-8,12-13H,3,6,9-11,14-16H2,1H3,(H2,24,25,26). The van der Waals surface area contributed by atoms with Gasteiger partial charge >= 0.3 is 0 Å². The molecule has 0 spiro atoms. The zero-order chi connectivity index (χ0) is 20.8. The van der Waals surface area contributed by atoms with E-state index in [1.54, 1.807) is 7.05 Å². The summed E-state index contributed by atoms with van der Waals surface area (Å²) >= 11 is 0. The molecular formula is C23H28N4O3. The normalized spacial score (nSPS) is 15.6. The zero-order valence-corrected chi connectivity index (χ0v) is 17.3. The summed E-state index contributed by atoms with van der Waals surface area (Å²) in [5.41, 5.74) is 3.51. The first-order chi connectivity index (χ1) is 14.7. The molecule has 2 aromatic rings. The van der Waals surface area contributed by atoms with E-state index < -0.39 is 0 Å². The Balaban J connectivity index is 1.24. The molecule has 30 heavy (non-hydrogen) atoms. The highest BCUT2D eigenvalue weighted by molar-refractivity contribution is 5.79. The number of likely N-dealkylation sites (tertiary alicyclic amines) is 1. The van der Waals surface area contributed by atoms with Crippen molar-refractivity contribution in [2.24, 2.45) is 4.99 Å². The summed E-state index contributed by atoms with van der Waals surface area (Å²) in [4.78, 5) is 18.1. The van der Waals surface area contributed by atoms with Crippen LogP contribution < -0.4 is 20.1 Å². The van der Waals surface area contributed by atoms with E-state index in [1.807, 2.05) is 23.1 Å². The molecular weight excluding hydrogens is 380 g/mol. The summed E-state index contributed by atoms with van der Waals surface area (Å²) in [6.07, 6.45) is 2.50. The number of aliphatic imine (C=N–C) groups is 1. The van der Waals surface area contributed by atoms with Gasteiger partial charge in [0.25, 0.3) is 0 Å². The first-order valence-corrected chi connectivity index (χ1v) is 10.4. The van der Waals surface area contributed by atoms with Gasteiger partial charge in [0.15, 0.2) is 17.5 Å². The van der Waals surface area contributed by atoms with Crippen LogP contribution in [0.2, 0.25) is 0 Å². The second-order valence-corrected chi connectivity index (χ2v) is 7.53. The summed E-state index contributed by atoms with van der Waals surface area (Å²) in [5, 5.41) is 6.71.